The van der Waals surface area contributed by atoms with E-state index in [1.54, 1.807) is 47.8 Å². The van der Waals surface area contributed by atoms with Crippen LogP contribution in [0.5, 0.6) is 0 Å². The minimum absolute atomic E-state index is 0.0347. The highest BCUT2D eigenvalue weighted by Gasteiger charge is 2.45. The predicted molar refractivity (Wildman–Crippen MR) is 155 cm³/mol. The number of nitriles is 1. The molecule has 228 valence electrons. The lowest BCUT2D eigenvalue weighted by Gasteiger charge is -2.36. The van der Waals surface area contributed by atoms with Crippen LogP contribution in [0.25, 0.3) is 10.9 Å². The summed E-state index contributed by atoms with van der Waals surface area (Å²) >= 11 is 0. The molecule has 0 unspecified atom stereocenters. The van der Waals surface area contributed by atoms with E-state index in [0.717, 1.165) is 15.8 Å². The molecule has 0 spiro atoms. The lowest BCUT2D eigenvalue weighted by molar-refractivity contribution is -0.176. The molecule has 12 heteroatoms. The number of hydrogen-bond donors (Lipinski definition) is 3. The summed E-state index contributed by atoms with van der Waals surface area (Å²) in [5.41, 5.74) is 0.913. The monoisotopic (exact) mass is 597 g/mol. The van der Waals surface area contributed by atoms with Crippen molar-refractivity contribution < 1.29 is 27.6 Å². The van der Waals surface area contributed by atoms with E-state index in [0.29, 0.717) is 11.1 Å². The third-order valence-corrected chi connectivity index (χ3v) is 7.01. The Morgan fingerprint density at radius 2 is 1.65 bits per heavy atom. The Morgan fingerprint density at radius 1 is 1.00 bits per heavy atom. The lowest BCUT2D eigenvalue weighted by atomic mass is 9.85. The molecule has 3 rings (SSSR count). The van der Waals surface area contributed by atoms with E-state index in [-0.39, 0.29) is 18.4 Å². The topological polar surface area (TPSA) is 135 Å². The zero-order chi connectivity index (χ0) is 32.1. The number of halogens is 3. The fraction of sp³-hybridized carbons (Fsp3) is 0.387. The first-order valence-corrected chi connectivity index (χ1v) is 13.5. The van der Waals surface area contributed by atoms with Gasteiger partial charge in [0.05, 0.1) is 6.07 Å². The molecular formula is C31H34F3N5O4. The average Bonchev–Trinajstić information content (AvgIpc) is 2.93. The van der Waals surface area contributed by atoms with Crippen molar-refractivity contribution in [2.24, 2.45) is 5.41 Å². The summed E-state index contributed by atoms with van der Waals surface area (Å²) in [6.07, 6.45) is -5.39. The molecule has 0 saturated heterocycles. The Morgan fingerprint density at radius 3 is 2.23 bits per heavy atom. The van der Waals surface area contributed by atoms with Crippen molar-refractivity contribution in [2.45, 2.75) is 64.8 Å². The lowest BCUT2D eigenvalue weighted by Crippen LogP contribution is -2.60. The summed E-state index contributed by atoms with van der Waals surface area (Å²) in [7, 11) is 1.26. The molecule has 0 bridgehead atoms. The van der Waals surface area contributed by atoms with E-state index in [1.807, 2.05) is 25.1 Å². The van der Waals surface area contributed by atoms with Gasteiger partial charge in [0, 0.05) is 31.0 Å². The summed E-state index contributed by atoms with van der Waals surface area (Å²) in [5, 5.41) is 15.0. The van der Waals surface area contributed by atoms with E-state index in [9.17, 15) is 37.6 Å². The van der Waals surface area contributed by atoms with E-state index in [4.69, 9.17) is 0 Å². The highest BCUT2D eigenvalue weighted by molar-refractivity contribution is 5.93. The number of nitrogens with zero attached hydrogens (tertiary/aromatic N) is 2. The summed E-state index contributed by atoms with van der Waals surface area (Å²) in [6.45, 7) is 6.36. The highest BCUT2D eigenvalue weighted by Crippen LogP contribution is 2.25. The van der Waals surface area contributed by atoms with Gasteiger partial charge >= 0.3 is 12.1 Å². The molecule has 0 fully saturated rings. The van der Waals surface area contributed by atoms with Gasteiger partial charge in [0.15, 0.2) is 0 Å². The number of pyridine rings is 1. The standard InChI is InChI=1S/C31H34F3N5O4/c1-18-11-12-23-20(13-18)15-21(26(40)37-23)16-22(17-35)36-27(41)24(14-19-9-7-6-8-10-19)39(5)28(42)25(30(2,3)4)38-29(43)31(32,33)34/h6-13,15,22,24-25H,14,16H2,1-5H3,(H,36,41)(H,37,40)(H,38,43)/t22-,24-,25+/m0/s1. The summed E-state index contributed by atoms with van der Waals surface area (Å²) in [6, 6.07) is 13.7. The Labute approximate surface area is 247 Å². The third kappa shape index (κ3) is 8.44. The number of aromatic amines is 1. The SMILES string of the molecule is Cc1ccc2[nH]c(=O)c(C[C@@H](C#N)NC(=O)[C@H](Cc3ccccc3)N(C)C(=O)[C@@H](NC(=O)C(F)(F)F)C(C)(C)C)cc2c1. The average molecular weight is 598 g/mol. The number of benzene rings is 2. The maximum absolute atomic E-state index is 13.6. The van der Waals surface area contributed by atoms with Crippen molar-refractivity contribution in [3.05, 3.63) is 81.6 Å². The number of H-pyrrole nitrogens is 1. The van der Waals surface area contributed by atoms with Gasteiger partial charge < -0.3 is 20.5 Å². The van der Waals surface area contributed by atoms with Gasteiger partial charge in [0.1, 0.15) is 18.1 Å². The Hall–Kier alpha value is -4.66. The maximum atomic E-state index is 13.6. The van der Waals surface area contributed by atoms with Crippen LogP contribution >= 0.6 is 0 Å². The van der Waals surface area contributed by atoms with E-state index in [1.165, 1.54) is 27.8 Å². The number of carbonyl (C=O) groups is 3. The third-order valence-electron chi connectivity index (χ3n) is 7.01. The van der Waals surface area contributed by atoms with Crippen LogP contribution in [-0.2, 0) is 27.2 Å². The van der Waals surface area contributed by atoms with Crippen molar-refractivity contribution in [2.75, 3.05) is 7.05 Å². The quantitative estimate of drug-likeness (QED) is 0.347. The van der Waals surface area contributed by atoms with E-state index < -0.39 is 53.0 Å². The number of aromatic nitrogens is 1. The van der Waals surface area contributed by atoms with Crippen molar-refractivity contribution in [1.82, 2.24) is 20.5 Å². The van der Waals surface area contributed by atoms with Gasteiger partial charge in [-0.2, -0.15) is 18.4 Å². The van der Waals surface area contributed by atoms with Crippen LogP contribution in [0, 0.1) is 23.7 Å². The molecule has 0 aliphatic rings. The molecule has 3 amide bonds. The number of likely N-dealkylation sites (N-methyl/N-ethyl adjacent to an activating group) is 1. The molecule has 1 heterocycles. The van der Waals surface area contributed by atoms with Crippen LogP contribution in [0.2, 0.25) is 0 Å². The number of hydrogen-bond acceptors (Lipinski definition) is 5. The smallest absolute Gasteiger partial charge is 0.338 e. The molecule has 3 atom stereocenters. The normalized spacial score (nSPS) is 13.8. The molecule has 0 aliphatic carbocycles. The van der Waals surface area contributed by atoms with Gasteiger partial charge in [-0.3, -0.25) is 19.2 Å². The maximum Gasteiger partial charge on any atom is 0.471 e. The number of fused-ring (bicyclic) bond motifs is 1. The zero-order valence-corrected chi connectivity index (χ0v) is 24.5. The first-order chi connectivity index (χ1) is 20.0. The van der Waals surface area contributed by atoms with Crippen LogP contribution in [0.3, 0.4) is 0 Å². The van der Waals surface area contributed by atoms with Crippen LogP contribution in [0.15, 0.2) is 59.4 Å². The van der Waals surface area contributed by atoms with Crippen LogP contribution in [0.4, 0.5) is 13.2 Å². The summed E-state index contributed by atoms with van der Waals surface area (Å²) < 4.78 is 39.2. The van der Waals surface area contributed by atoms with Crippen LogP contribution in [-0.4, -0.2) is 59.0 Å². The Kier molecular flexibility index (Phi) is 10.0. The number of alkyl halides is 3. The van der Waals surface area contributed by atoms with Gasteiger partial charge in [-0.25, -0.2) is 0 Å². The van der Waals surface area contributed by atoms with E-state index in [2.05, 4.69) is 10.3 Å². The van der Waals surface area contributed by atoms with Crippen molar-refractivity contribution in [3.63, 3.8) is 0 Å². The molecule has 3 N–H and O–H groups in total. The Balaban J connectivity index is 1.91. The largest absolute Gasteiger partial charge is 0.471 e. The fourth-order valence-electron chi connectivity index (χ4n) is 4.60. The minimum atomic E-state index is -5.22. The van der Waals surface area contributed by atoms with Crippen molar-refractivity contribution >= 4 is 28.6 Å². The van der Waals surface area contributed by atoms with Crippen LogP contribution < -0.4 is 16.2 Å². The van der Waals surface area contributed by atoms with Gasteiger partial charge in [-0.1, -0.05) is 62.7 Å². The number of amides is 3. The van der Waals surface area contributed by atoms with Gasteiger partial charge in [0.2, 0.25) is 11.8 Å². The number of carbonyl (C=O) groups excluding carboxylic acids is 3. The summed E-state index contributed by atoms with van der Waals surface area (Å²) in [4.78, 5) is 55.5. The van der Waals surface area contributed by atoms with Gasteiger partial charge in [-0.05, 0) is 41.5 Å². The van der Waals surface area contributed by atoms with Gasteiger partial charge in [0.25, 0.3) is 5.56 Å². The molecule has 3 aromatic rings. The van der Waals surface area contributed by atoms with Gasteiger partial charge in [-0.15, -0.1) is 0 Å². The molecule has 0 aliphatic heterocycles. The summed E-state index contributed by atoms with van der Waals surface area (Å²) in [5.74, 6) is -3.95. The number of nitrogens with one attached hydrogen (secondary N) is 3. The fourth-order valence-corrected chi connectivity index (χ4v) is 4.60. The molecule has 1 aromatic heterocycles. The second kappa shape index (κ2) is 13.1. The van der Waals surface area contributed by atoms with Crippen LogP contribution in [0.1, 0.15) is 37.5 Å². The second-order valence-electron chi connectivity index (χ2n) is 11.5. The highest BCUT2D eigenvalue weighted by atomic mass is 19.4. The minimum Gasteiger partial charge on any atom is -0.338 e. The Bertz CT molecular complexity index is 1590. The molecule has 2 aromatic carbocycles. The molecule has 43 heavy (non-hydrogen) atoms. The first kappa shape index (κ1) is 32.8. The number of aryl methyl sites for hydroxylation is 1. The first-order valence-electron chi connectivity index (χ1n) is 13.5. The second-order valence-corrected chi connectivity index (χ2v) is 11.5. The molecule has 9 nitrogen and oxygen atoms in total. The van der Waals surface area contributed by atoms with E-state index >= 15 is 0 Å². The molecular weight excluding hydrogens is 563 g/mol. The molecule has 0 saturated carbocycles. The predicted octanol–water partition coefficient (Wildman–Crippen LogP) is 3.55. The number of rotatable bonds is 9. The zero-order valence-electron chi connectivity index (χ0n) is 24.5. The van der Waals surface area contributed by atoms with Crippen molar-refractivity contribution in [3.8, 4) is 6.07 Å². The van der Waals surface area contributed by atoms with Crippen molar-refractivity contribution in [1.29, 1.82) is 5.26 Å². The molecule has 0 radical (unpaired) electrons.